The highest BCUT2D eigenvalue weighted by Gasteiger charge is 2.26. The largest absolute Gasteiger partial charge is 0.344 e. The molecule has 33 heavy (non-hydrogen) atoms. The van der Waals surface area contributed by atoms with Crippen LogP contribution >= 0.6 is 22.9 Å². The van der Waals surface area contributed by atoms with Crippen LogP contribution in [-0.2, 0) is 16.0 Å². The third kappa shape index (κ3) is 7.37. The minimum absolute atomic E-state index is 0.0823. The second-order valence-corrected chi connectivity index (χ2v) is 9.32. The molecule has 2 aromatic carbocycles. The summed E-state index contributed by atoms with van der Waals surface area (Å²) in [7, 11) is 0. The van der Waals surface area contributed by atoms with Crippen molar-refractivity contribution in [1.29, 1.82) is 0 Å². The number of anilines is 1. The zero-order valence-corrected chi connectivity index (χ0v) is 20.5. The van der Waals surface area contributed by atoms with E-state index in [1.54, 1.807) is 12.1 Å². The molecule has 1 aromatic heterocycles. The summed E-state index contributed by atoms with van der Waals surface area (Å²) in [6, 6.07) is 16.2. The zero-order valence-electron chi connectivity index (χ0n) is 18.9. The second-order valence-electron chi connectivity index (χ2n) is 7.91. The topological polar surface area (TPSA) is 84.0 Å². The third-order valence-corrected chi connectivity index (χ3v) is 6.57. The summed E-state index contributed by atoms with van der Waals surface area (Å²) >= 11 is 7.23. The Kier molecular flexibility index (Phi) is 9.39. The molecule has 0 saturated heterocycles. The lowest BCUT2D eigenvalue weighted by Gasteiger charge is -2.21. The van der Waals surface area contributed by atoms with Crippen LogP contribution in [0.1, 0.15) is 45.1 Å². The van der Waals surface area contributed by atoms with Gasteiger partial charge in [-0.05, 0) is 30.5 Å². The van der Waals surface area contributed by atoms with Crippen molar-refractivity contribution in [1.82, 2.24) is 15.5 Å². The number of carbonyl (C=O) groups is 2. The van der Waals surface area contributed by atoms with Crippen molar-refractivity contribution in [2.45, 2.75) is 52.0 Å². The van der Waals surface area contributed by atoms with Crippen molar-refractivity contribution in [3.05, 3.63) is 65.2 Å². The molecular formula is C25H29ClN4O2S. The lowest BCUT2D eigenvalue weighted by Crippen LogP contribution is -2.47. The Labute approximate surface area is 203 Å². The normalized spacial score (nSPS) is 12.7. The van der Waals surface area contributed by atoms with Gasteiger partial charge in [0.1, 0.15) is 11.0 Å². The van der Waals surface area contributed by atoms with E-state index in [0.29, 0.717) is 21.6 Å². The summed E-state index contributed by atoms with van der Waals surface area (Å²) < 4.78 is 0. The molecule has 2 N–H and O–H groups in total. The number of benzene rings is 2. The number of aromatic nitrogens is 2. The van der Waals surface area contributed by atoms with Crippen LogP contribution in [0.4, 0.5) is 5.13 Å². The summed E-state index contributed by atoms with van der Waals surface area (Å²) in [4.78, 5) is 26.1. The molecule has 2 amide bonds. The maximum Gasteiger partial charge on any atom is 0.249 e. The number of hydrogen-bond donors (Lipinski definition) is 2. The molecule has 0 aliphatic heterocycles. The molecule has 3 aromatic rings. The highest BCUT2D eigenvalue weighted by Crippen LogP contribution is 2.27. The van der Waals surface area contributed by atoms with Crippen LogP contribution in [0.25, 0.3) is 10.6 Å². The molecule has 0 fully saturated rings. The first-order valence-corrected chi connectivity index (χ1v) is 12.4. The van der Waals surface area contributed by atoms with Gasteiger partial charge >= 0.3 is 0 Å². The Bertz CT molecular complexity index is 1040. The van der Waals surface area contributed by atoms with Crippen LogP contribution in [0.5, 0.6) is 0 Å². The van der Waals surface area contributed by atoms with Crippen LogP contribution in [0.15, 0.2) is 54.6 Å². The first kappa shape index (κ1) is 24.9. The number of nitrogens with zero attached hydrogens (tertiary/aromatic N) is 2. The van der Waals surface area contributed by atoms with Crippen LogP contribution in [0, 0.1) is 5.92 Å². The summed E-state index contributed by atoms with van der Waals surface area (Å²) in [5.41, 5.74) is 1.84. The molecule has 0 aliphatic rings. The van der Waals surface area contributed by atoms with Crippen LogP contribution in [0.2, 0.25) is 5.02 Å². The van der Waals surface area contributed by atoms with Crippen molar-refractivity contribution in [3.8, 4) is 10.6 Å². The molecular weight excluding hydrogens is 456 g/mol. The predicted molar refractivity (Wildman–Crippen MR) is 134 cm³/mol. The third-order valence-electron chi connectivity index (χ3n) is 5.43. The van der Waals surface area contributed by atoms with Gasteiger partial charge in [-0.1, -0.05) is 92.1 Å². The molecule has 3 rings (SSSR count). The number of nitrogens with one attached hydrogen (secondary N) is 2. The summed E-state index contributed by atoms with van der Waals surface area (Å²) in [6.45, 7) is 4.11. The Hall–Kier alpha value is -2.77. The van der Waals surface area contributed by atoms with Crippen molar-refractivity contribution >= 4 is 39.9 Å². The van der Waals surface area contributed by atoms with Crippen molar-refractivity contribution in [2.75, 3.05) is 5.32 Å². The van der Waals surface area contributed by atoms with Crippen molar-refractivity contribution in [2.24, 2.45) is 5.92 Å². The number of amides is 2. The minimum Gasteiger partial charge on any atom is -0.344 e. The highest BCUT2D eigenvalue weighted by atomic mass is 35.5. The van der Waals surface area contributed by atoms with Gasteiger partial charge in [0.15, 0.2) is 0 Å². The molecule has 8 heteroatoms. The lowest BCUT2D eigenvalue weighted by molar-refractivity contribution is -0.129. The van der Waals surface area contributed by atoms with Crippen LogP contribution in [-0.4, -0.2) is 28.1 Å². The summed E-state index contributed by atoms with van der Waals surface area (Å²) in [5, 5.41) is 15.8. The van der Waals surface area contributed by atoms with E-state index in [4.69, 9.17) is 11.6 Å². The van der Waals surface area contributed by atoms with E-state index >= 15 is 0 Å². The van der Waals surface area contributed by atoms with E-state index in [-0.39, 0.29) is 17.7 Å². The molecule has 1 heterocycles. The summed E-state index contributed by atoms with van der Waals surface area (Å²) in [5.74, 6) is -0.494. The van der Waals surface area contributed by atoms with Gasteiger partial charge < -0.3 is 5.32 Å². The van der Waals surface area contributed by atoms with Gasteiger partial charge in [0.2, 0.25) is 16.9 Å². The van der Waals surface area contributed by atoms with Gasteiger partial charge in [-0.25, -0.2) is 0 Å². The van der Waals surface area contributed by atoms with Gasteiger partial charge in [0, 0.05) is 22.9 Å². The van der Waals surface area contributed by atoms with Crippen LogP contribution in [0.3, 0.4) is 0 Å². The quantitative estimate of drug-likeness (QED) is 0.363. The molecule has 0 aliphatic carbocycles. The monoisotopic (exact) mass is 484 g/mol. The first-order chi connectivity index (χ1) is 16.0. The number of rotatable bonds is 11. The lowest BCUT2D eigenvalue weighted by atomic mass is 9.97. The standard InChI is InChI=1S/C25H29ClN4O2S/c1-3-5-11-18(4-2)22(31)27-21(16-17-9-7-6-8-10-17)23(32)28-25-30-29-24(33-25)19-12-14-20(26)15-13-19/h6-10,12-15,18,21H,3-5,11,16H2,1-2H3,(H,27,31)(H,28,30,32)/t18-,21+/m0/s1. The van der Waals surface area contributed by atoms with E-state index in [9.17, 15) is 9.59 Å². The van der Waals surface area contributed by atoms with Gasteiger partial charge in [-0.3, -0.25) is 14.9 Å². The molecule has 6 nitrogen and oxygen atoms in total. The van der Waals surface area contributed by atoms with Crippen LogP contribution < -0.4 is 10.6 Å². The fourth-order valence-corrected chi connectivity index (χ4v) is 4.37. The van der Waals surface area contributed by atoms with E-state index in [2.05, 4.69) is 27.8 Å². The maximum absolute atomic E-state index is 13.2. The van der Waals surface area contributed by atoms with Crippen molar-refractivity contribution in [3.63, 3.8) is 0 Å². The first-order valence-electron chi connectivity index (χ1n) is 11.2. The van der Waals surface area contributed by atoms with Crippen molar-refractivity contribution < 1.29 is 9.59 Å². The molecule has 0 bridgehead atoms. The molecule has 0 saturated carbocycles. The average molecular weight is 485 g/mol. The number of halogens is 1. The van der Waals surface area contributed by atoms with Gasteiger partial charge in [-0.15, -0.1) is 10.2 Å². The fraction of sp³-hybridized carbons (Fsp3) is 0.360. The molecule has 0 radical (unpaired) electrons. The van der Waals surface area contributed by atoms with Gasteiger partial charge in [0.05, 0.1) is 0 Å². The highest BCUT2D eigenvalue weighted by molar-refractivity contribution is 7.18. The number of hydrogen-bond acceptors (Lipinski definition) is 5. The zero-order chi connectivity index (χ0) is 23.6. The van der Waals surface area contributed by atoms with E-state index < -0.39 is 6.04 Å². The summed E-state index contributed by atoms with van der Waals surface area (Å²) in [6.07, 6.45) is 3.97. The Morgan fingerprint density at radius 1 is 1.00 bits per heavy atom. The SMILES string of the molecule is CCCC[C@H](CC)C(=O)N[C@H](Cc1ccccc1)C(=O)Nc1nnc(-c2ccc(Cl)cc2)s1. The van der Waals surface area contributed by atoms with E-state index in [1.807, 2.05) is 49.4 Å². The van der Waals surface area contributed by atoms with Gasteiger partial charge in [-0.2, -0.15) is 0 Å². The van der Waals surface area contributed by atoms with E-state index in [0.717, 1.165) is 36.8 Å². The van der Waals surface area contributed by atoms with Gasteiger partial charge in [0.25, 0.3) is 0 Å². The predicted octanol–water partition coefficient (Wildman–Crippen LogP) is 5.74. The maximum atomic E-state index is 13.2. The Balaban J connectivity index is 1.73. The molecule has 0 unspecified atom stereocenters. The fourth-order valence-electron chi connectivity index (χ4n) is 3.50. The Morgan fingerprint density at radius 3 is 2.39 bits per heavy atom. The Morgan fingerprint density at radius 2 is 1.73 bits per heavy atom. The minimum atomic E-state index is -0.710. The second kappa shape index (κ2) is 12.5. The molecule has 0 spiro atoms. The van der Waals surface area contributed by atoms with E-state index in [1.165, 1.54) is 11.3 Å². The molecule has 2 atom stereocenters. The smallest absolute Gasteiger partial charge is 0.249 e. The number of unbranched alkanes of at least 4 members (excludes halogenated alkanes) is 1. The molecule has 174 valence electrons. The average Bonchev–Trinajstić information content (AvgIpc) is 3.28. The number of carbonyl (C=O) groups excluding carboxylic acids is 2.